The molecule has 0 saturated heterocycles. The third-order valence-corrected chi connectivity index (χ3v) is 4.05. The van der Waals surface area contributed by atoms with Gasteiger partial charge in [-0.15, -0.1) is 0 Å². The van der Waals surface area contributed by atoms with Crippen molar-refractivity contribution in [3.63, 3.8) is 0 Å². The largest absolute Gasteiger partial charge is 0.427 e. The molecule has 1 aromatic rings. The minimum Gasteiger partial charge on any atom is -0.427 e. The van der Waals surface area contributed by atoms with Gasteiger partial charge >= 0.3 is 5.97 Å². The molecule has 2 nitrogen and oxygen atoms in total. The number of hydrogen-bond donors (Lipinski definition) is 0. The van der Waals surface area contributed by atoms with Crippen LogP contribution in [0.5, 0.6) is 5.75 Å². The zero-order valence-corrected chi connectivity index (χ0v) is 16.2. The molecule has 0 saturated carbocycles. The Kier molecular flexibility index (Phi) is 13.7. The van der Waals surface area contributed by atoms with E-state index < -0.39 is 0 Å². The molecule has 0 bridgehead atoms. The van der Waals surface area contributed by atoms with E-state index in [2.05, 4.69) is 30.6 Å². The molecule has 0 N–H and O–H groups in total. The molecule has 0 radical (unpaired) electrons. The van der Waals surface area contributed by atoms with Crippen molar-refractivity contribution in [3.8, 4) is 29.4 Å². The van der Waals surface area contributed by atoms with Gasteiger partial charge in [0.1, 0.15) is 5.75 Å². The summed E-state index contributed by atoms with van der Waals surface area (Å²) >= 11 is 0. The van der Waals surface area contributed by atoms with Gasteiger partial charge in [-0.25, -0.2) is 0 Å². The van der Waals surface area contributed by atoms with Crippen LogP contribution in [0, 0.1) is 23.7 Å². The molecule has 0 spiro atoms. The van der Waals surface area contributed by atoms with Crippen LogP contribution >= 0.6 is 0 Å². The molecule has 0 atom stereocenters. The van der Waals surface area contributed by atoms with Crippen molar-refractivity contribution >= 4 is 5.97 Å². The summed E-state index contributed by atoms with van der Waals surface area (Å²) in [7, 11) is 0. The summed E-state index contributed by atoms with van der Waals surface area (Å²) in [6.07, 6.45) is 12.8. The second-order valence-electron chi connectivity index (χ2n) is 6.47. The number of ether oxygens (including phenoxy) is 1. The highest BCUT2D eigenvalue weighted by Gasteiger charge is 2.03. The van der Waals surface area contributed by atoms with E-state index in [-0.39, 0.29) is 5.97 Å². The number of esters is 1. The smallest absolute Gasteiger partial charge is 0.311 e. The number of benzene rings is 1. The standard InChI is InChI=1S/C24H32O2/c1-2-3-4-5-6-7-8-9-10-11-12-13-14-15-19-22-24(25)26-23-20-17-16-18-21-23/h16-18,20-21H,2-5,10-15,19,22H2,1H3. The maximum absolute atomic E-state index is 11.7. The first-order valence-electron chi connectivity index (χ1n) is 10.0. The zero-order chi connectivity index (χ0) is 18.7. The quantitative estimate of drug-likeness (QED) is 0.191. The Morgan fingerprint density at radius 3 is 2.04 bits per heavy atom. The molecular weight excluding hydrogens is 320 g/mol. The monoisotopic (exact) mass is 352 g/mol. The highest BCUT2D eigenvalue weighted by atomic mass is 16.5. The SMILES string of the molecule is CCCCCC#CC#CCCCCCCCCC(=O)Oc1ccccc1. The molecule has 1 rings (SSSR count). The number of carbonyl (C=O) groups is 1. The fourth-order valence-electron chi connectivity index (χ4n) is 2.54. The lowest BCUT2D eigenvalue weighted by molar-refractivity contribution is -0.134. The molecule has 26 heavy (non-hydrogen) atoms. The number of rotatable bonds is 12. The molecule has 0 aliphatic carbocycles. The average molecular weight is 353 g/mol. The van der Waals surface area contributed by atoms with Crippen LogP contribution in [0.4, 0.5) is 0 Å². The molecule has 0 aliphatic rings. The Bertz CT molecular complexity index is 596. The van der Waals surface area contributed by atoms with Crippen LogP contribution in [-0.2, 0) is 4.79 Å². The lowest BCUT2D eigenvalue weighted by atomic mass is 10.1. The number of hydrogen-bond acceptors (Lipinski definition) is 2. The molecule has 2 heteroatoms. The lowest BCUT2D eigenvalue weighted by Crippen LogP contribution is -2.07. The van der Waals surface area contributed by atoms with Gasteiger partial charge < -0.3 is 4.74 Å². The van der Waals surface area contributed by atoms with Crippen molar-refractivity contribution in [2.24, 2.45) is 0 Å². The fraction of sp³-hybridized carbons (Fsp3) is 0.542. The van der Waals surface area contributed by atoms with Crippen molar-refractivity contribution in [2.75, 3.05) is 0 Å². The Labute approximate surface area is 159 Å². The zero-order valence-electron chi connectivity index (χ0n) is 16.2. The van der Waals surface area contributed by atoms with E-state index in [1.54, 1.807) is 12.1 Å². The average Bonchev–Trinajstić information content (AvgIpc) is 2.65. The first kappa shape index (κ1) is 21.9. The van der Waals surface area contributed by atoms with Gasteiger partial charge in [0.05, 0.1) is 0 Å². The summed E-state index contributed by atoms with van der Waals surface area (Å²) in [5, 5.41) is 0. The summed E-state index contributed by atoms with van der Waals surface area (Å²) in [5.74, 6) is 12.6. The van der Waals surface area contributed by atoms with E-state index in [4.69, 9.17) is 4.74 Å². The predicted octanol–water partition coefficient (Wildman–Crippen LogP) is 6.30. The van der Waals surface area contributed by atoms with Crippen molar-refractivity contribution < 1.29 is 9.53 Å². The lowest BCUT2D eigenvalue weighted by Gasteiger charge is -2.04. The molecule has 140 valence electrons. The van der Waals surface area contributed by atoms with E-state index in [9.17, 15) is 4.79 Å². The minimum absolute atomic E-state index is 0.137. The Morgan fingerprint density at radius 1 is 0.808 bits per heavy atom. The van der Waals surface area contributed by atoms with Crippen molar-refractivity contribution in [3.05, 3.63) is 30.3 Å². The summed E-state index contributed by atoms with van der Waals surface area (Å²) in [5.41, 5.74) is 0. The Hall–Kier alpha value is -2.19. The van der Waals surface area contributed by atoms with E-state index in [1.807, 2.05) is 18.2 Å². The summed E-state index contributed by atoms with van der Waals surface area (Å²) < 4.78 is 5.27. The molecule has 1 aromatic carbocycles. The van der Waals surface area contributed by atoms with Crippen LogP contribution in [0.2, 0.25) is 0 Å². The predicted molar refractivity (Wildman–Crippen MR) is 109 cm³/mol. The van der Waals surface area contributed by atoms with Gasteiger partial charge in [0.15, 0.2) is 0 Å². The highest BCUT2D eigenvalue weighted by molar-refractivity contribution is 5.72. The van der Waals surface area contributed by atoms with Crippen LogP contribution in [0.3, 0.4) is 0 Å². The maximum atomic E-state index is 11.7. The second kappa shape index (κ2) is 16.3. The Morgan fingerprint density at radius 2 is 1.38 bits per heavy atom. The molecular formula is C24H32O2. The van der Waals surface area contributed by atoms with E-state index in [0.29, 0.717) is 12.2 Å². The molecule has 0 fully saturated rings. The van der Waals surface area contributed by atoms with E-state index >= 15 is 0 Å². The van der Waals surface area contributed by atoms with E-state index in [0.717, 1.165) is 32.1 Å². The topological polar surface area (TPSA) is 26.3 Å². The van der Waals surface area contributed by atoms with Crippen LogP contribution in [0.15, 0.2) is 30.3 Å². The molecule has 0 amide bonds. The number of carbonyl (C=O) groups excluding carboxylic acids is 1. The molecule has 0 heterocycles. The van der Waals surface area contributed by atoms with Gasteiger partial charge in [0, 0.05) is 19.3 Å². The van der Waals surface area contributed by atoms with Crippen LogP contribution in [0.25, 0.3) is 0 Å². The van der Waals surface area contributed by atoms with Crippen molar-refractivity contribution in [2.45, 2.75) is 84.0 Å². The third kappa shape index (κ3) is 13.1. The van der Waals surface area contributed by atoms with Gasteiger partial charge in [-0.3, -0.25) is 4.79 Å². The first-order chi connectivity index (χ1) is 12.8. The van der Waals surface area contributed by atoms with Gasteiger partial charge in [-0.2, -0.15) is 0 Å². The summed E-state index contributed by atoms with van der Waals surface area (Å²) in [6.45, 7) is 2.20. The summed E-state index contributed by atoms with van der Waals surface area (Å²) in [4.78, 5) is 11.7. The van der Waals surface area contributed by atoms with Crippen LogP contribution in [-0.4, -0.2) is 5.97 Å². The number of para-hydroxylation sites is 1. The van der Waals surface area contributed by atoms with Gasteiger partial charge in [0.25, 0.3) is 0 Å². The maximum Gasteiger partial charge on any atom is 0.311 e. The van der Waals surface area contributed by atoms with Gasteiger partial charge in [0.2, 0.25) is 0 Å². The summed E-state index contributed by atoms with van der Waals surface area (Å²) in [6, 6.07) is 9.25. The van der Waals surface area contributed by atoms with E-state index in [1.165, 1.54) is 38.5 Å². The van der Waals surface area contributed by atoms with Crippen LogP contribution in [0.1, 0.15) is 84.0 Å². The minimum atomic E-state index is -0.137. The molecule has 0 aliphatic heterocycles. The third-order valence-electron chi connectivity index (χ3n) is 4.05. The highest BCUT2D eigenvalue weighted by Crippen LogP contribution is 2.12. The molecule has 0 aromatic heterocycles. The Balaban J connectivity index is 1.90. The number of unbranched alkanes of at least 4 members (excludes halogenated alkanes) is 9. The van der Waals surface area contributed by atoms with Crippen molar-refractivity contribution in [1.29, 1.82) is 0 Å². The molecule has 0 unspecified atom stereocenters. The van der Waals surface area contributed by atoms with Crippen molar-refractivity contribution in [1.82, 2.24) is 0 Å². The van der Waals surface area contributed by atoms with Crippen LogP contribution < -0.4 is 4.74 Å². The normalized spacial score (nSPS) is 9.58. The fourth-order valence-corrected chi connectivity index (χ4v) is 2.54. The van der Waals surface area contributed by atoms with Gasteiger partial charge in [-0.1, -0.05) is 75.5 Å². The second-order valence-corrected chi connectivity index (χ2v) is 6.47. The van der Waals surface area contributed by atoms with Gasteiger partial charge in [-0.05, 0) is 43.2 Å². The first-order valence-corrected chi connectivity index (χ1v) is 10.0.